The summed E-state index contributed by atoms with van der Waals surface area (Å²) in [5.41, 5.74) is 1.15. The van der Waals surface area contributed by atoms with Crippen LogP contribution in [0.3, 0.4) is 0 Å². The molecular weight excluding hydrogens is 236 g/mol. The molecule has 0 aliphatic rings. The molecule has 0 saturated heterocycles. The van der Waals surface area contributed by atoms with Crippen molar-refractivity contribution in [1.29, 1.82) is 0 Å². The second kappa shape index (κ2) is 6.06. The van der Waals surface area contributed by atoms with Gasteiger partial charge >= 0.3 is 5.97 Å². The number of hydrogen-bond acceptors (Lipinski definition) is 2. The normalized spacial score (nSPS) is 16.1. The molecule has 3 atom stereocenters. The lowest BCUT2D eigenvalue weighted by Gasteiger charge is -2.24. The van der Waals surface area contributed by atoms with Crippen LogP contribution in [-0.4, -0.2) is 13.1 Å². The molecule has 0 aliphatic carbocycles. The van der Waals surface area contributed by atoms with E-state index in [1.54, 1.807) is 0 Å². The predicted molar refractivity (Wildman–Crippen MR) is 70.2 cm³/mol. The van der Waals surface area contributed by atoms with E-state index in [-0.39, 0.29) is 23.7 Å². The quantitative estimate of drug-likeness (QED) is 0.762. The number of benzene rings is 1. The highest BCUT2D eigenvalue weighted by Gasteiger charge is 2.26. The van der Waals surface area contributed by atoms with Crippen molar-refractivity contribution in [3.63, 3.8) is 0 Å². The van der Waals surface area contributed by atoms with Gasteiger partial charge in [-0.05, 0) is 29.5 Å². The number of methoxy groups -OCH3 is 1. The summed E-state index contributed by atoms with van der Waals surface area (Å²) in [6.07, 6.45) is 0. The monoisotopic (exact) mass is 254 g/mol. The zero-order chi connectivity index (χ0) is 13.0. The Morgan fingerprint density at radius 3 is 2.47 bits per heavy atom. The minimum Gasteiger partial charge on any atom is -0.469 e. The standard InChI is InChI=1S/C14H19ClO2/c1-9(11(3)14(16)17-4)10(2)12-6-5-7-13(15)8-12/h5-11H,1-4H3. The van der Waals surface area contributed by atoms with Gasteiger partial charge < -0.3 is 4.74 Å². The summed E-state index contributed by atoms with van der Waals surface area (Å²) in [4.78, 5) is 11.5. The highest BCUT2D eigenvalue weighted by atomic mass is 35.5. The van der Waals surface area contributed by atoms with Gasteiger partial charge in [0.15, 0.2) is 0 Å². The van der Waals surface area contributed by atoms with Gasteiger partial charge in [-0.2, -0.15) is 0 Å². The maximum absolute atomic E-state index is 11.5. The molecular formula is C14H19ClO2. The lowest BCUT2D eigenvalue weighted by molar-refractivity contribution is -0.146. The summed E-state index contributed by atoms with van der Waals surface area (Å²) in [7, 11) is 1.43. The van der Waals surface area contributed by atoms with Gasteiger partial charge in [0, 0.05) is 5.02 Å². The Labute approximate surface area is 108 Å². The maximum Gasteiger partial charge on any atom is 0.308 e. The topological polar surface area (TPSA) is 26.3 Å². The van der Waals surface area contributed by atoms with Crippen molar-refractivity contribution in [2.75, 3.05) is 7.11 Å². The molecule has 0 bridgehead atoms. The highest BCUT2D eigenvalue weighted by Crippen LogP contribution is 2.31. The Kier molecular flexibility index (Phi) is 5.01. The molecule has 0 fully saturated rings. The van der Waals surface area contributed by atoms with Crippen molar-refractivity contribution >= 4 is 17.6 Å². The van der Waals surface area contributed by atoms with Crippen molar-refractivity contribution in [3.8, 4) is 0 Å². The average Bonchev–Trinajstić information content (AvgIpc) is 2.35. The van der Waals surface area contributed by atoms with Crippen molar-refractivity contribution in [2.45, 2.75) is 26.7 Å². The summed E-state index contributed by atoms with van der Waals surface area (Å²) >= 11 is 5.97. The van der Waals surface area contributed by atoms with Crippen LogP contribution in [0.2, 0.25) is 5.02 Å². The molecule has 0 saturated carbocycles. The van der Waals surface area contributed by atoms with Crippen LogP contribution in [0, 0.1) is 11.8 Å². The largest absolute Gasteiger partial charge is 0.469 e. The molecule has 0 N–H and O–H groups in total. The first-order chi connectivity index (χ1) is 7.97. The number of carbonyl (C=O) groups is 1. The van der Waals surface area contributed by atoms with E-state index in [9.17, 15) is 4.79 Å². The van der Waals surface area contributed by atoms with E-state index in [0.29, 0.717) is 0 Å². The average molecular weight is 255 g/mol. The van der Waals surface area contributed by atoms with E-state index in [1.807, 2.05) is 31.2 Å². The zero-order valence-corrected chi connectivity index (χ0v) is 11.5. The molecule has 0 radical (unpaired) electrons. The number of carbonyl (C=O) groups excluding carboxylic acids is 1. The Morgan fingerprint density at radius 1 is 1.29 bits per heavy atom. The van der Waals surface area contributed by atoms with Crippen LogP contribution in [0.5, 0.6) is 0 Å². The zero-order valence-electron chi connectivity index (χ0n) is 10.7. The van der Waals surface area contributed by atoms with E-state index in [4.69, 9.17) is 16.3 Å². The summed E-state index contributed by atoms with van der Waals surface area (Å²) in [6, 6.07) is 7.78. The Morgan fingerprint density at radius 2 is 1.94 bits per heavy atom. The van der Waals surface area contributed by atoms with E-state index >= 15 is 0 Å². The fourth-order valence-electron chi connectivity index (χ4n) is 1.93. The lowest BCUT2D eigenvalue weighted by Crippen LogP contribution is -2.24. The molecule has 0 aromatic heterocycles. The highest BCUT2D eigenvalue weighted by molar-refractivity contribution is 6.30. The molecule has 3 unspecified atom stereocenters. The van der Waals surface area contributed by atoms with Gasteiger partial charge in [0.1, 0.15) is 0 Å². The molecule has 94 valence electrons. The maximum atomic E-state index is 11.5. The van der Waals surface area contributed by atoms with E-state index in [2.05, 4.69) is 13.8 Å². The van der Waals surface area contributed by atoms with Crippen molar-refractivity contribution < 1.29 is 9.53 Å². The fraction of sp³-hybridized carbons (Fsp3) is 0.500. The van der Waals surface area contributed by atoms with Crippen LogP contribution in [0.15, 0.2) is 24.3 Å². The molecule has 1 aromatic rings. The summed E-state index contributed by atoms with van der Waals surface area (Å²) in [6.45, 7) is 6.07. The van der Waals surface area contributed by atoms with Gasteiger partial charge in [-0.3, -0.25) is 4.79 Å². The molecule has 0 spiro atoms. The van der Waals surface area contributed by atoms with Gasteiger partial charge in [-0.25, -0.2) is 0 Å². The van der Waals surface area contributed by atoms with Gasteiger partial charge in [0.2, 0.25) is 0 Å². The van der Waals surface area contributed by atoms with Crippen LogP contribution in [0.25, 0.3) is 0 Å². The van der Waals surface area contributed by atoms with E-state index in [0.717, 1.165) is 10.6 Å². The van der Waals surface area contributed by atoms with Gasteiger partial charge in [0.05, 0.1) is 13.0 Å². The minimum absolute atomic E-state index is 0.117. The lowest BCUT2D eigenvalue weighted by atomic mass is 9.81. The summed E-state index contributed by atoms with van der Waals surface area (Å²) < 4.78 is 4.78. The molecule has 1 rings (SSSR count). The van der Waals surface area contributed by atoms with Crippen molar-refractivity contribution in [3.05, 3.63) is 34.9 Å². The van der Waals surface area contributed by atoms with Gasteiger partial charge in [-0.1, -0.05) is 44.5 Å². The van der Waals surface area contributed by atoms with Crippen LogP contribution < -0.4 is 0 Å². The first kappa shape index (κ1) is 14.0. The predicted octanol–water partition coefficient (Wildman–Crippen LogP) is 3.89. The van der Waals surface area contributed by atoms with Crippen LogP contribution >= 0.6 is 11.6 Å². The third kappa shape index (κ3) is 3.47. The molecule has 3 heteroatoms. The fourth-order valence-corrected chi connectivity index (χ4v) is 2.13. The summed E-state index contributed by atoms with van der Waals surface area (Å²) in [5, 5.41) is 0.729. The molecule has 17 heavy (non-hydrogen) atoms. The van der Waals surface area contributed by atoms with E-state index in [1.165, 1.54) is 7.11 Å². The van der Waals surface area contributed by atoms with Crippen LogP contribution in [0.1, 0.15) is 32.3 Å². The first-order valence-electron chi connectivity index (χ1n) is 5.80. The van der Waals surface area contributed by atoms with Crippen molar-refractivity contribution in [2.24, 2.45) is 11.8 Å². The van der Waals surface area contributed by atoms with Crippen molar-refractivity contribution in [1.82, 2.24) is 0 Å². The summed E-state index contributed by atoms with van der Waals surface area (Å²) in [5.74, 6) is 0.198. The Bertz CT molecular complexity index is 390. The Hall–Kier alpha value is -1.02. The molecule has 2 nitrogen and oxygen atoms in total. The number of ether oxygens (including phenoxy) is 1. The smallest absolute Gasteiger partial charge is 0.308 e. The minimum atomic E-state index is -0.161. The number of halogens is 1. The molecule has 0 aliphatic heterocycles. The van der Waals surface area contributed by atoms with Gasteiger partial charge in [0.25, 0.3) is 0 Å². The number of esters is 1. The first-order valence-corrected chi connectivity index (χ1v) is 6.18. The third-order valence-electron chi connectivity index (χ3n) is 3.52. The second-order valence-corrected chi connectivity index (χ2v) is 4.95. The Balaban J connectivity index is 2.82. The van der Waals surface area contributed by atoms with Crippen LogP contribution in [-0.2, 0) is 9.53 Å². The third-order valence-corrected chi connectivity index (χ3v) is 3.76. The van der Waals surface area contributed by atoms with Crippen LogP contribution in [0.4, 0.5) is 0 Å². The molecule has 0 amide bonds. The molecule has 0 heterocycles. The van der Waals surface area contributed by atoms with E-state index < -0.39 is 0 Å². The van der Waals surface area contributed by atoms with Gasteiger partial charge in [-0.15, -0.1) is 0 Å². The number of hydrogen-bond donors (Lipinski definition) is 0. The molecule has 1 aromatic carbocycles. The number of rotatable bonds is 4. The SMILES string of the molecule is COC(=O)C(C)C(C)C(C)c1cccc(Cl)c1. The second-order valence-electron chi connectivity index (χ2n) is 4.51.